The van der Waals surface area contributed by atoms with Crippen LogP contribution in [0.2, 0.25) is 0 Å². The fourth-order valence-electron chi connectivity index (χ4n) is 1.71. The summed E-state index contributed by atoms with van der Waals surface area (Å²) < 4.78 is 0. The quantitative estimate of drug-likeness (QED) is 0.776. The van der Waals surface area contributed by atoms with Crippen molar-refractivity contribution in [1.29, 1.82) is 0 Å². The predicted octanol–water partition coefficient (Wildman–Crippen LogP) is 3.23. The molecule has 0 saturated heterocycles. The van der Waals surface area contributed by atoms with Crippen molar-refractivity contribution >= 4 is 12.1 Å². The van der Waals surface area contributed by atoms with Crippen molar-refractivity contribution in [2.45, 2.75) is 6.92 Å². The number of carbonyl (C=O) groups excluding carboxylic acids is 1. The molecule has 0 aliphatic carbocycles. The number of hydrogen-bond donors (Lipinski definition) is 1. The zero-order valence-electron chi connectivity index (χ0n) is 9.10. The van der Waals surface area contributed by atoms with E-state index in [-0.39, 0.29) is 0 Å². The van der Waals surface area contributed by atoms with E-state index in [4.69, 9.17) is 0 Å². The van der Waals surface area contributed by atoms with E-state index in [0.717, 1.165) is 16.8 Å². The van der Waals surface area contributed by atoms with Gasteiger partial charge in [-0.15, -0.1) is 0 Å². The Kier molecular flexibility index (Phi) is 3.01. The van der Waals surface area contributed by atoms with E-state index in [1.165, 1.54) is 5.56 Å². The molecule has 0 aromatic heterocycles. The summed E-state index contributed by atoms with van der Waals surface area (Å²) in [5, 5.41) is 2.66. The van der Waals surface area contributed by atoms with Crippen LogP contribution in [-0.2, 0) is 4.79 Å². The van der Waals surface area contributed by atoms with Crippen LogP contribution in [0.15, 0.2) is 48.5 Å². The normalized spacial score (nSPS) is 9.81. The van der Waals surface area contributed by atoms with Gasteiger partial charge in [-0.3, -0.25) is 4.79 Å². The minimum Gasteiger partial charge on any atom is -0.329 e. The molecule has 0 spiro atoms. The molecule has 0 saturated carbocycles. The summed E-state index contributed by atoms with van der Waals surface area (Å²) in [5.74, 6) is 0. The molecule has 0 radical (unpaired) electrons. The Hall–Kier alpha value is -2.09. The van der Waals surface area contributed by atoms with Crippen LogP contribution >= 0.6 is 0 Å². The molecule has 2 nitrogen and oxygen atoms in total. The highest BCUT2D eigenvalue weighted by atomic mass is 16.1. The molecule has 2 aromatic rings. The number of amides is 1. The maximum absolute atomic E-state index is 10.4. The van der Waals surface area contributed by atoms with Gasteiger partial charge in [-0.05, 0) is 35.7 Å². The third-order valence-electron chi connectivity index (χ3n) is 2.55. The second-order valence-corrected chi connectivity index (χ2v) is 3.66. The van der Waals surface area contributed by atoms with E-state index < -0.39 is 0 Å². The molecule has 2 heteroatoms. The van der Waals surface area contributed by atoms with Crippen LogP contribution in [0, 0.1) is 6.92 Å². The standard InChI is InChI=1S/C14H13NO/c1-11-7-8-13(15-10-16)9-14(11)12-5-3-2-4-6-12/h2-10H,1H3,(H,15,16). The Bertz CT molecular complexity index is 491. The van der Waals surface area contributed by atoms with Crippen LogP contribution in [0.25, 0.3) is 11.1 Å². The van der Waals surface area contributed by atoms with Gasteiger partial charge in [-0.2, -0.15) is 0 Å². The van der Waals surface area contributed by atoms with E-state index in [2.05, 4.69) is 24.4 Å². The van der Waals surface area contributed by atoms with Crippen molar-refractivity contribution in [3.8, 4) is 11.1 Å². The number of anilines is 1. The lowest BCUT2D eigenvalue weighted by molar-refractivity contribution is -0.105. The zero-order chi connectivity index (χ0) is 11.4. The first-order valence-electron chi connectivity index (χ1n) is 5.17. The minimum absolute atomic E-state index is 0.694. The summed E-state index contributed by atoms with van der Waals surface area (Å²) in [6.45, 7) is 2.06. The predicted molar refractivity (Wildman–Crippen MR) is 66.3 cm³/mol. The van der Waals surface area contributed by atoms with Gasteiger partial charge in [0, 0.05) is 5.69 Å². The minimum atomic E-state index is 0.694. The Balaban J connectivity index is 2.47. The largest absolute Gasteiger partial charge is 0.329 e. The Morgan fingerprint density at radius 3 is 2.50 bits per heavy atom. The summed E-state index contributed by atoms with van der Waals surface area (Å²) >= 11 is 0. The zero-order valence-corrected chi connectivity index (χ0v) is 9.10. The maximum Gasteiger partial charge on any atom is 0.211 e. The summed E-state index contributed by atoms with van der Waals surface area (Å²) in [6.07, 6.45) is 0.694. The Morgan fingerprint density at radius 2 is 1.81 bits per heavy atom. The van der Waals surface area contributed by atoms with Crippen molar-refractivity contribution in [2.75, 3.05) is 5.32 Å². The smallest absolute Gasteiger partial charge is 0.211 e. The number of nitrogens with one attached hydrogen (secondary N) is 1. The number of hydrogen-bond acceptors (Lipinski definition) is 1. The van der Waals surface area contributed by atoms with E-state index in [9.17, 15) is 4.79 Å². The molecule has 0 heterocycles. The van der Waals surface area contributed by atoms with Crippen molar-refractivity contribution in [3.63, 3.8) is 0 Å². The molecule has 1 N–H and O–H groups in total. The Labute approximate surface area is 94.9 Å². The van der Waals surface area contributed by atoms with Crippen LogP contribution in [0.4, 0.5) is 5.69 Å². The average molecular weight is 211 g/mol. The fourth-order valence-corrected chi connectivity index (χ4v) is 1.71. The van der Waals surface area contributed by atoms with Crippen molar-refractivity contribution in [1.82, 2.24) is 0 Å². The van der Waals surface area contributed by atoms with E-state index in [1.54, 1.807) is 0 Å². The van der Waals surface area contributed by atoms with Gasteiger partial charge in [0.05, 0.1) is 0 Å². The lowest BCUT2D eigenvalue weighted by atomic mass is 10.00. The van der Waals surface area contributed by atoms with Crippen LogP contribution in [0.3, 0.4) is 0 Å². The number of rotatable bonds is 3. The molecule has 0 aliphatic rings. The van der Waals surface area contributed by atoms with Gasteiger partial charge in [0.15, 0.2) is 0 Å². The third kappa shape index (κ3) is 2.11. The first-order valence-corrected chi connectivity index (χ1v) is 5.17. The Morgan fingerprint density at radius 1 is 1.06 bits per heavy atom. The second-order valence-electron chi connectivity index (χ2n) is 3.66. The van der Waals surface area contributed by atoms with Crippen LogP contribution < -0.4 is 5.32 Å². The van der Waals surface area contributed by atoms with Gasteiger partial charge in [0.25, 0.3) is 0 Å². The van der Waals surface area contributed by atoms with Gasteiger partial charge in [0.2, 0.25) is 6.41 Å². The molecule has 2 rings (SSSR count). The van der Waals surface area contributed by atoms with Crippen LogP contribution in [-0.4, -0.2) is 6.41 Å². The molecule has 80 valence electrons. The first-order chi connectivity index (χ1) is 7.81. The highest BCUT2D eigenvalue weighted by Crippen LogP contribution is 2.25. The fraction of sp³-hybridized carbons (Fsp3) is 0.0714. The van der Waals surface area contributed by atoms with E-state index >= 15 is 0 Å². The lowest BCUT2D eigenvalue weighted by Gasteiger charge is -2.08. The highest BCUT2D eigenvalue weighted by molar-refractivity contribution is 5.77. The lowest BCUT2D eigenvalue weighted by Crippen LogP contribution is -1.94. The third-order valence-corrected chi connectivity index (χ3v) is 2.55. The maximum atomic E-state index is 10.4. The molecule has 1 amide bonds. The van der Waals surface area contributed by atoms with Gasteiger partial charge >= 0.3 is 0 Å². The van der Waals surface area contributed by atoms with Gasteiger partial charge < -0.3 is 5.32 Å². The first kappa shape index (κ1) is 10.4. The molecular weight excluding hydrogens is 198 g/mol. The molecule has 0 aliphatic heterocycles. The summed E-state index contributed by atoms with van der Waals surface area (Å²) in [4.78, 5) is 10.4. The van der Waals surface area contributed by atoms with Gasteiger partial charge in [-0.25, -0.2) is 0 Å². The van der Waals surface area contributed by atoms with E-state index in [1.807, 2.05) is 36.4 Å². The topological polar surface area (TPSA) is 29.1 Å². The van der Waals surface area contributed by atoms with Crippen molar-refractivity contribution in [3.05, 3.63) is 54.1 Å². The van der Waals surface area contributed by atoms with Crippen LogP contribution in [0.1, 0.15) is 5.56 Å². The van der Waals surface area contributed by atoms with Gasteiger partial charge in [0.1, 0.15) is 0 Å². The van der Waals surface area contributed by atoms with Crippen molar-refractivity contribution < 1.29 is 4.79 Å². The molecule has 0 unspecified atom stereocenters. The number of aryl methyl sites for hydroxylation is 1. The highest BCUT2D eigenvalue weighted by Gasteiger charge is 2.02. The molecule has 0 atom stereocenters. The summed E-state index contributed by atoms with van der Waals surface area (Å²) in [6, 6.07) is 16.0. The summed E-state index contributed by atoms with van der Waals surface area (Å²) in [7, 11) is 0. The average Bonchev–Trinajstić information content (AvgIpc) is 2.33. The van der Waals surface area contributed by atoms with Crippen LogP contribution in [0.5, 0.6) is 0 Å². The number of benzene rings is 2. The van der Waals surface area contributed by atoms with Gasteiger partial charge in [-0.1, -0.05) is 36.4 Å². The molecule has 0 bridgehead atoms. The second kappa shape index (κ2) is 4.62. The van der Waals surface area contributed by atoms with Crippen molar-refractivity contribution in [2.24, 2.45) is 0 Å². The molecular formula is C14H13NO. The monoisotopic (exact) mass is 211 g/mol. The number of carbonyl (C=O) groups is 1. The molecule has 16 heavy (non-hydrogen) atoms. The molecule has 2 aromatic carbocycles. The SMILES string of the molecule is Cc1ccc(NC=O)cc1-c1ccccc1. The summed E-state index contributed by atoms with van der Waals surface area (Å²) in [5.41, 5.74) is 4.32. The van der Waals surface area contributed by atoms with E-state index in [0.29, 0.717) is 6.41 Å². The molecule has 0 fully saturated rings.